The van der Waals surface area contributed by atoms with Crippen molar-refractivity contribution in [2.45, 2.75) is 57.5 Å². The third-order valence-corrected chi connectivity index (χ3v) is 4.36. The van der Waals surface area contributed by atoms with Crippen LogP contribution in [0.3, 0.4) is 0 Å². The zero-order valence-corrected chi connectivity index (χ0v) is 14.1. The summed E-state index contributed by atoms with van der Waals surface area (Å²) in [5, 5.41) is 0.784. The van der Waals surface area contributed by atoms with Crippen LogP contribution in [0.25, 0.3) is 0 Å². The van der Waals surface area contributed by atoms with Gasteiger partial charge in [-0.25, -0.2) is 0 Å². The van der Waals surface area contributed by atoms with Gasteiger partial charge < -0.3 is 18.9 Å². The van der Waals surface area contributed by atoms with Gasteiger partial charge in [0, 0.05) is 20.8 Å². The quantitative estimate of drug-likeness (QED) is 0.541. The Morgan fingerprint density at radius 2 is 1.70 bits per heavy atom. The molecule has 2 aliphatic heterocycles. The lowest BCUT2D eigenvalue weighted by Gasteiger charge is -2.41. The van der Waals surface area contributed by atoms with Crippen LogP contribution in [0.5, 0.6) is 0 Å². The molecule has 0 aromatic heterocycles. The van der Waals surface area contributed by atoms with Gasteiger partial charge in [-0.05, 0) is 6.92 Å². The summed E-state index contributed by atoms with van der Waals surface area (Å²) in [6, 6.07) is -0.471. The van der Waals surface area contributed by atoms with Crippen LogP contribution < -0.4 is 0 Å². The highest BCUT2D eigenvalue weighted by atomic mass is 32.2. The highest BCUT2D eigenvalue weighted by molar-refractivity contribution is 8.14. The molecule has 0 amide bonds. The summed E-state index contributed by atoms with van der Waals surface area (Å²) in [5.74, 6) is -1.54. The number of aliphatic imine (C=N–C) groups is 1. The van der Waals surface area contributed by atoms with E-state index in [1.54, 1.807) is 0 Å². The second-order valence-corrected chi connectivity index (χ2v) is 6.54. The van der Waals surface area contributed by atoms with Crippen LogP contribution in [-0.2, 0) is 33.3 Å². The van der Waals surface area contributed by atoms with Crippen molar-refractivity contribution in [3.05, 3.63) is 0 Å². The maximum atomic E-state index is 11.4. The molecule has 0 radical (unpaired) electrons. The topological polar surface area (TPSA) is 100 Å². The normalized spacial score (nSPS) is 32.5. The second-order valence-electron chi connectivity index (χ2n) is 5.25. The number of hydrogen-bond donors (Lipinski definition) is 0. The van der Waals surface area contributed by atoms with Gasteiger partial charge in [0.1, 0.15) is 24.2 Å². The van der Waals surface area contributed by atoms with E-state index in [2.05, 4.69) is 4.99 Å². The Bertz CT molecular complexity index is 535. The molecule has 128 valence electrons. The van der Waals surface area contributed by atoms with E-state index in [0.717, 1.165) is 5.04 Å². The molecule has 2 rings (SSSR count). The van der Waals surface area contributed by atoms with Gasteiger partial charge in [0.15, 0.2) is 12.2 Å². The summed E-state index contributed by atoms with van der Waals surface area (Å²) in [6.45, 7) is 5.51. The lowest BCUT2D eigenvalue weighted by molar-refractivity contribution is -0.208. The predicted octanol–water partition coefficient (Wildman–Crippen LogP) is 0.672. The standard InChI is InChI=1S/C14H19NO7S/c1-6-15-11-13(21-9(4)18)12(20-8(3)17)10(5-19-7(2)16)22-14(11)23-6/h10-14H,5H2,1-4H3/t10-,11?,12-,13-,14+/m1/s1. The van der Waals surface area contributed by atoms with Crippen LogP contribution in [-0.4, -0.2) is 59.3 Å². The molecule has 1 fully saturated rings. The van der Waals surface area contributed by atoms with Crippen molar-refractivity contribution in [3.8, 4) is 0 Å². The summed E-state index contributed by atoms with van der Waals surface area (Å²) in [6.07, 6.45) is -2.42. The van der Waals surface area contributed by atoms with Crippen molar-refractivity contribution in [1.29, 1.82) is 0 Å². The lowest BCUT2D eigenvalue weighted by atomic mass is 9.98. The molecule has 0 spiro atoms. The van der Waals surface area contributed by atoms with Crippen LogP contribution in [0.15, 0.2) is 4.99 Å². The minimum Gasteiger partial charge on any atom is -0.463 e. The molecular weight excluding hydrogens is 326 g/mol. The molecule has 0 bridgehead atoms. The number of ether oxygens (including phenoxy) is 4. The third kappa shape index (κ3) is 4.44. The first-order valence-electron chi connectivity index (χ1n) is 7.12. The first-order valence-corrected chi connectivity index (χ1v) is 8.00. The Kier molecular flexibility index (Phi) is 5.64. The van der Waals surface area contributed by atoms with Crippen molar-refractivity contribution in [1.82, 2.24) is 0 Å². The Balaban J connectivity index is 2.26. The van der Waals surface area contributed by atoms with Gasteiger partial charge in [-0.15, -0.1) is 0 Å². The number of nitrogens with zero attached hydrogens (tertiary/aromatic N) is 1. The lowest BCUT2D eigenvalue weighted by Crippen LogP contribution is -2.59. The summed E-state index contributed by atoms with van der Waals surface area (Å²) < 4.78 is 21.5. The zero-order chi connectivity index (χ0) is 17.1. The molecule has 0 aromatic carbocycles. The van der Waals surface area contributed by atoms with E-state index < -0.39 is 42.3 Å². The number of thioether (sulfide) groups is 1. The molecule has 5 atom stereocenters. The number of hydrogen-bond acceptors (Lipinski definition) is 9. The molecule has 0 saturated carbocycles. The molecule has 0 aliphatic carbocycles. The van der Waals surface area contributed by atoms with Gasteiger partial charge in [0.2, 0.25) is 0 Å². The number of carbonyl (C=O) groups is 3. The van der Waals surface area contributed by atoms with Crippen LogP contribution in [0.2, 0.25) is 0 Å². The third-order valence-electron chi connectivity index (χ3n) is 3.29. The maximum Gasteiger partial charge on any atom is 0.303 e. The van der Waals surface area contributed by atoms with Gasteiger partial charge >= 0.3 is 17.9 Å². The van der Waals surface area contributed by atoms with Gasteiger partial charge in [-0.1, -0.05) is 11.8 Å². The molecule has 2 heterocycles. The molecule has 0 N–H and O–H groups in total. The Morgan fingerprint density at radius 1 is 1.09 bits per heavy atom. The Morgan fingerprint density at radius 3 is 2.26 bits per heavy atom. The van der Waals surface area contributed by atoms with Crippen molar-refractivity contribution < 1.29 is 33.3 Å². The number of rotatable bonds is 4. The van der Waals surface area contributed by atoms with Crippen LogP contribution >= 0.6 is 11.8 Å². The van der Waals surface area contributed by atoms with Crippen LogP contribution in [0.4, 0.5) is 0 Å². The van der Waals surface area contributed by atoms with Gasteiger partial charge in [0.05, 0.1) is 5.04 Å². The van der Waals surface area contributed by atoms with Crippen molar-refractivity contribution in [2.75, 3.05) is 6.61 Å². The average Bonchev–Trinajstić information content (AvgIpc) is 2.78. The number of esters is 3. The first kappa shape index (κ1) is 17.7. The van der Waals surface area contributed by atoms with Crippen LogP contribution in [0, 0.1) is 0 Å². The SMILES string of the molecule is CC(=O)OC[C@H]1O[C@H]2SC(C)=NC2[C@@H](OC(C)=O)[C@@H]1OC(C)=O. The van der Waals surface area contributed by atoms with Crippen molar-refractivity contribution in [3.63, 3.8) is 0 Å². The van der Waals surface area contributed by atoms with Crippen LogP contribution in [0.1, 0.15) is 27.7 Å². The number of fused-ring (bicyclic) bond motifs is 1. The Labute approximate surface area is 137 Å². The highest BCUT2D eigenvalue weighted by Gasteiger charge is 2.52. The van der Waals surface area contributed by atoms with Gasteiger partial charge in [-0.3, -0.25) is 19.4 Å². The number of carbonyl (C=O) groups excluding carboxylic acids is 3. The van der Waals surface area contributed by atoms with Gasteiger partial charge in [-0.2, -0.15) is 0 Å². The van der Waals surface area contributed by atoms with Crippen molar-refractivity contribution >= 4 is 34.7 Å². The van der Waals surface area contributed by atoms with E-state index in [9.17, 15) is 14.4 Å². The summed E-state index contributed by atoms with van der Waals surface area (Å²) >= 11 is 1.39. The smallest absolute Gasteiger partial charge is 0.303 e. The molecule has 8 nitrogen and oxygen atoms in total. The first-order chi connectivity index (χ1) is 10.8. The highest BCUT2D eigenvalue weighted by Crippen LogP contribution is 2.38. The fourth-order valence-electron chi connectivity index (χ4n) is 2.53. The zero-order valence-electron chi connectivity index (χ0n) is 13.3. The van der Waals surface area contributed by atoms with E-state index in [4.69, 9.17) is 18.9 Å². The van der Waals surface area contributed by atoms with E-state index in [1.165, 1.54) is 32.5 Å². The predicted molar refractivity (Wildman–Crippen MR) is 80.9 cm³/mol. The second kappa shape index (κ2) is 7.31. The van der Waals surface area contributed by atoms with E-state index in [1.807, 2.05) is 6.92 Å². The fraction of sp³-hybridized carbons (Fsp3) is 0.714. The van der Waals surface area contributed by atoms with Gasteiger partial charge in [0.25, 0.3) is 0 Å². The largest absolute Gasteiger partial charge is 0.463 e. The monoisotopic (exact) mass is 345 g/mol. The minimum atomic E-state index is -0.896. The molecule has 2 aliphatic rings. The molecule has 1 saturated heterocycles. The summed E-state index contributed by atoms with van der Waals surface area (Å²) in [7, 11) is 0. The minimum absolute atomic E-state index is 0.103. The Hall–Kier alpha value is -1.61. The average molecular weight is 345 g/mol. The molecule has 0 aromatic rings. The maximum absolute atomic E-state index is 11.4. The molecule has 9 heteroatoms. The molecular formula is C14H19NO7S. The summed E-state index contributed by atoms with van der Waals surface area (Å²) in [5.41, 5.74) is -0.383. The van der Waals surface area contributed by atoms with E-state index in [0.29, 0.717) is 0 Å². The van der Waals surface area contributed by atoms with E-state index in [-0.39, 0.29) is 12.0 Å². The van der Waals surface area contributed by atoms with Crippen molar-refractivity contribution in [2.24, 2.45) is 4.99 Å². The molecule has 23 heavy (non-hydrogen) atoms. The van der Waals surface area contributed by atoms with E-state index >= 15 is 0 Å². The molecule has 1 unspecified atom stereocenters. The summed E-state index contributed by atoms with van der Waals surface area (Å²) in [4.78, 5) is 38.3. The fourth-order valence-corrected chi connectivity index (χ4v) is 3.60.